The van der Waals surface area contributed by atoms with Gasteiger partial charge in [0, 0.05) is 45.2 Å². The minimum absolute atomic E-state index is 0.110. The van der Waals surface area contributed by atoms with E-state index in [1.54, 1.807) is 24.3 Å². The Balaban J connectivity index is 1.53. The molecule has 31 heavy (non-hydrogen) atoms. The highest BCUT2D eigenvalue weighted by atomic mass is 32.2. The summed E-state index contributed by atoms with van der Waals surface area (Å²) in [5.41, 5.74) is 0. The van der Waals surface area contributed by atoms with Crippen LogP contribution in [0.4, 0.5) is 0 Å². The molecule has 1 amide bonds. The molecule has 9 heteroatoms. The molecule has 1 aromatic carbocycles. The van der Waals surface area contributed by atoms with Crippen LogP contribution in [0, 0.1) is 23.2 Å². The molecule has 2 heterocycles. The lowest BCUT2D eigenvalue weighted by atomic mass is 9.96. The van der Waals surface area contributed by atoms with Crippen molar-refractivity contribution >= 4 is 15.9 Å². The molecule has 1 atom stereocenters. The van der Waals surface area contributed by atoms with Crippen molar-refractivity contribution in [2.75, 3.05) is 46.4 Å². The van der Waals surface area contributed by atoms with Crippen LogP contribution in [0.2, 0.25) is 0 Å². The first kappa shape index (κ1) is 23.5. The molecule has 0 spiro atoms. The number of carbonyl (C=O) groups excluding carboxylic acids is 1. The fraction of sp³-hybridized carbons (Fsp3) is 0.636. The number of sulfonamides is 1. The van der Waals surface area contributed by atoms with Crippen molar-refractivity contribution in [2.45, 2.75) is 37.6 Å². The second-order valence-electron chi connectivity index (χ2n) is 8.53. The normalized spacial score (nSPS) is 20.4. The largest absolute Gasteiger partial charge is 0.497 e. The average Bonchev–Trinajstić information content (AvgIpc) is 2.79. The van der Waals surface area contributed by atoms with Gasteiger partial charge < -0.3 is 9.64 Å². The first-order valence-electron chi connectivity index (χ1n) is 10.8. The molecule has 0 saturated carbocycles. The van der Waals surface area contributed by atoms with Gasteiger partial charge in [0.15, 0.2) is 0 Å². The van der Waals surface area contributed by atoms with E-state index in [-0.39, 0.29) is 28.7 Å². The van der Waals surface area contributed by atoms with Gasteiger partial charge in [-0.15, -0.1) is 0 Å². The summed E-state index contributed by atoms with van der Waals surface area (Å²) in [7, 11) is -2.03. The molecule has 0 N–H and O–H groups in total. The highest BCUT2D eigenvalue weighted by molar-refractivity contribution is 7.89. The zero-order valence-electron chi connectivity index (χ0n) is 18.5. The van der Waals surface area contributed by atoms with Gasteiger partial charge in [0.25, 0.3) is 0 Å². The van der Waals surface area contributed by atoms with E-state index in [1.165, 1.54) is 11.4 Å². The molecule has 0 bridgehead atoms. The number of hydrogen-bond donors (Lipinski definition) is 0. The summed E-state index contributed by atoms with van der Waals surface area (Å²) in [6.45, 7) is 7.41. The average molecular weight is 449 g/mol. The Kier molecular flexibility index (Phi) is 7.57. The summed E-state index contributed by atoms with van der Waals surface area (Å²) < 4.78 is 32.4. The van der Waals surface area contributed by atoms with Crippen molar-refractivity contribution in [3.63, 3.8) is 0 Å². The Morgan fingerprint density at radius 2 is 1.65 bits per heavy atom. The molecule has 3 rings (SSSR count). The van der Waals surface area contributed by atoms with Crippen molar-refractivity contribution in [2.24, 2.45) is 11.8 Å². The highest BCUT2D eigenvalue weighted by Crippen LogP contribution is 2.26. The maximum absolute atomic E-state index is 13.0. The molecule has 2 fully saturated rings. The summed E-state index contributed by atoms with van der Waals surface area (Å²) in [6.07, 6.45) is 1.06. The van der Waals surface area contributed by atoms with E-state index in [4.69, 9.17) is 4.74 Å². The van der Waals surface area contributed by atoms with Crippen molar-refractivity contribution in [3.05, 3.63) is 24.3 Å². The number of nitrogens with zero attached hydrogens (tertiary/aromatic N) is 4. The number of carbonyl (C=O) groups is 1. The van der Waals surface area contributed by atoms with Crippen molar-refractivity contribution in [1.82, 2.24) is 14.1 Å². The van der Waals surface area contributed by atoms with Crippen LogP contribution in [-0.4, -0.2) is 80.9 Å². The number of rotatable bonds is 6. The molecule has 1 aromatic rings. The van der Waals surface area contributed by atoms with Gasteiger partial charge in [-0.05, 0) is 43.0 Å². The Bertz CT molecular complexity index is 894. The van der Waals surface area contributed by atoms with Crippen molar-refractivity contribution in [3.8, 4) is 11.8 Å². The maximum Gasteiger partial charge on any atom is 0.243 e. The van der Waals surface area contributed by atoms with Crippen LogP contribution in [0.3, 0.4) is 0 Å². The van der Waals surface area contributed by atoms with E-state index < -0.39 is 10.0 Å². The lowest BCUT2D eigenvalue weighted by Gasteiger charge is -2.40. The van der Waals surface area contributed by atoms with Gasteiger partial charge in [-0.3, -0.25) is 9.69 Å². The molecule has 0 aliphatic carbocycles. The Hall–Kier alpha value is -2.15. The van der Waals surface area contributed by atoms with Crippen LogP contribution in [0.15, 0.2) is 29.2 Å². The predicted octanol–water partition coefficient (Wildman–Crippen LogP) is 1.79. The quantitative estimate of drug-likeness (QED) is 0.659. The van der Waals surface area contributed by atoms with Gasteiger partial charge in [0.2, 0.25) is 15.9 Å². The molecule has 0 aromatic heterocycles. The fourth-order valence-corrected chi connectivity index (χ4v) is 5.84. The zero-order chi connectivity index (χ0) is 22.6. The topological polar surface area (TPSA) is 93.9 Å². The Morgan fingerprint density at radius 3 is 2.13 bits per heavy atom. The van der Waals surface area contributed by atoms with E-state index in [0.29, 0.717) is 57.9 Å². The number of piperidine rings is 1. The van der Waals surface area contributed by atoms with E-state index >= 15 is 0 Å². The maximum atomic E-state index is 13.0. The lowest BCUT2D eigenvalue weighted by molar-refractivity contribution is -0.138. The van der Waals surface area contributed by atoms with Gasteiger partial charge in [-0.2, -0.15) is 9.57 Å². The third-order valence-corrected chi connectivity index (χ3v) is 8.20. The first-order valence-corrected chi connectivity index (χ1v) is 12.3. The minimum atomic E-state index is -3.57. The number of benzene rings is 1. The van der Waals surface area contributed by atoms with E-state index in [2.05, 4.69) is 11.0 Å². The molecule has 8 nitrogen and oxygen atoms in total. The van der Waals surface area contributed by atoms with E-state index in [0.717, 1.165) is 0 Å². The van der Waals surface area contributed by atoms with Crippen LogP contribution in [-0.2, 0) is 14.8 Å². The molecule has 1 unspecified atom stereocenters. The third kappa shape index (κ3) is 5.20. The van der Waals surface area contributed by atoms with Crippen LogP contribution >= 0.6 is 0 Å². The summed E-state index contributed by atoms with van der Waals surface area (Å²) in [5.74, 6) is 0.826. The van der Waals surface area contributed by atoms with Gasteiger partial charge in [-0.25, -0.2) is 8.42 Å². The predicted molar refractivity (Wildman–Crippen MR) is 117 cm³/mol. The smallest absolute Gasteiger partial charge is 0.243 e. The van der Waals surface area contributed by atoms with Crippen molar-refractivity contribution in [1.29, 1.82) is 5.26 Å². The van der Waals surface area contributed by atoms with Crippen LogP contribution in [0.1, 0.15) is 26.7 Å². The molecule has 2 saturated heterocycles. The van der Waals surface area contributed by atoms with Gasteiger partial charge in [-0.1, -0.05) is 13.8 Å². The molecule has 170 valence electrons. The second-order valence-corrected chi connectivity index (χ2v) is 10.5. The fourth-order valence-electron chi connectivity index (χ4n) is 4.37. The minimum Gasteiger partial charge on any atom is -0.497 e. The first-order chi connectivity index (χ1) is 14.8. The number of hydrogen-bond acceptors (Lipinski definition) is 6. The standard InChI is InChI=1S/C22H32N4O4S/c1-17(2)21(16-23)24-12-14-25(15-13-24)22(27)18-8-10-26(11-9-18)31(28,29)20-6-4-19(30-3)5-7-20/h4-7,17-18,21H,8-15H2,1-3H3. The van der Waals surface area contributed by atoms with Crippen LogP contribution in [0.5, 0.6) is 5.75 Å². The Morgan fingerprint density at radius 1 is 1.06 bits per heavy atom. The van der Waals surface area contributed by atoms with Crippen LogP contribution in [0.25, 0.3) is 0 Å². The van der Waals surface area contributed by atoms with E-state index in [9.17, 15) is 18.5 Å². The van der Waals surface area contributed by atoms with Gasteiger partial charge in [0.05, 0.1) is 18.1 Å². The number of ether oxygens (including phenoxy) is 1. The SMILES string of the molecule is COc1ccc(S(=O)(=O)N2CCC(C(=O)N3CCN(C(C#N)C(C)C)CC3)CC2)cc1. The summed E-state index contributed by atoms with van der Waals surface area (Å²) >= 11 is 0. The molecular formula is C22H32N4O4S. The third-order valence-electron chi connectivity index (χ3n) is 6.28. The summed E-state index contributed by atoms with van der Waals surface area (Å²) in [4.78, 5) is 17.3. The van der Waals surface area contributed by atoms with Gasteiger partial charge >= 0.3 is 0 Å². The molecule has 2 aliphatic heterocycles. The van der Waals surface area contributed by atoms with Crippen LogP contribution < -0.4 is 4.74 Å². The zero-order valence-corrected chi connectivity index (χ0v) is 19.3. The highest BCUT2D eigenvalue weighted by Gasteiger charge is 2.35. The second kappa shape index (κ2) is 9.98. The Labute approximate surface area is 185 Å². The molecular weight excluding hydrogens is 416 g/mol. The van der Waals surface area contributed by atoms with Crippen molar-refractivity contribution < 1.29 is 17.9 Å². The monoisotopic (exact) mass is 448 g/mol. The summed E-state index contributed by atoms with van der Waals surface area (Å²) in [6, 6.07) is 8.63. The number of piperazine rings is 1. The van der Waals surface area contributed by atoms with E-state index in [1.807, 2.05) is 18.7 Å². The number of methoxy groups -OCH3 is 1. The lowest BCUT2D eigenvalue weighted by Crippen LogP contribution is -2.54. The number of amides is 1. The molecule has 2 aliphatic rings. The van der Waals surface area contributed by atoms with Gasteiger partial charge in [0.1, 0.15) is 11.8 Å². The molecule has 0 radical (unpaired) electrons. The summed E-state index contributed by atoms with van der Waals surface area (Å²) in [5, 5.41) is 9.39. The number of nitriles is 1.